The standard InChI is InChI=1S/C11H16N2O2/c1-4-12-11(14)10-6-5-9(7-13-10)15-8(2)3/h5-8H,4H2,1-3H3,(H,12,14). The maximum absolute atomic E-state index is 11.4. The second-order valence-electron chi connectivity index (χ2n) is 3.41. The van der Waals surface area contributed by atoms with Gasteiger partial charge in [-0.05, 0) is 32.9 Å². The van der Waals surface area contributed by atoms with E-state index in [1.165, 1.54) is 0 Å². The van der Waals surface area contributed by atoms with Crippen LogP contribution < -0.4 is 10.1 Å². The van der Waals surface area contributed by atoms with E-state index in [0.29, 0.717) is 18.0 Å². The molecule has 0 aromatic carbocycles. The first kappa shape index (κ1) is 11.5. The lowest BCUT2D eigenvalue weighted by atomic mass is 10.3. The summed E-state index contributed by atoms with van der Waals surface area (Å²) in [5, 5.41) is 2.68. The summed E-state index contributed by atoms with van der Waals surface area (Å²) in [5.74, 6) is 0.520. The van der Waals surface area contributed by atoms with Gasteiger partial charge in [-0.2, -0.15) is 0 Å². The third-order valence-corrected chi connectivity index (χ3v) is 1.68. The van der Waals surface area contributed by atoms with E-state index in [1.807, 2.05) is 20.8 Å². The predicted octanol–water partition coefficient (Wildman–Crippen LogP) is 1.62. The van der Waals surface area contributed by atoms with Crippen molar-refractivity contribution < 1.29 is 9.53 Å². The molecule has 0 spiro atoms. The van der Waals surface area contributed by atoms with Crippen molar-refractivity contribution in [2.24, 2.45) is 0 Å². The maximum Gasteiger partial charge on any atom is 0.269 e. The quantitative estimate of drug-likeness (QED) is 0.818. The Morgan fingerprint density at radius 2 is 2.27 bits per heavy atom. The van der Waals surface area contributed by atoms with Crippen LogP contribution in [0.1, 0.15) is 31.3 Å². The Bertz CT molecular complexity index is 320. The van der Waals surface area contributed by atoms with Gasteiger partial charge in [0.25, 0.3) is 5.91 Å². The smallest absolute Gasteiger partial charge is 0.269 e. The molecule has 0 aliphatic heterocycles. The van der Waals surface area contributed by atoms with Gasteiger partial charge in [-0.1, -0.05) is 0 Å². The zero-order valence-electron chi connectivity index (χ0n) is 9.28. The Morgan fingerprint density at radius 3 is 2.73 bits per heavy atom. The van der Waals surface area contributed by atoms with Crippen LogP contribution >= 0.6 is 0 Å². The Kier molecular flexibility index (Phi) is 4.09. The molecular weight excluding hydrogens is 192 g/mol. The first-order valence-corrected chi connectivity index (χ1v) is 5.04. The lowest BCUT2D eigenvalue weighted by molar-refractivity contribution is 0.0951. The molecule has 15 heavy (non-hydrogen) atoms. The van der Waals surface area contributed by atoms with Crippen molar-refractivity contribution in [3.63, 3.8) is 0 Å². The molecule has 0 atom stereocenters. The Labute approximate surface area is 89.7 Å². The van der Waals surface area contributed by atoms with Crippen LogP contribution in [0.3, 0.4) is 0 Å². The highest BCUT2D eigenvalue weighted by molar-refractivity contribution is 5.92. The molecule has 1 aromatic rings. The van der Waals surface area contributed by atoms with Gasteiger partial charge in [-0.25, -0.2) is 4.98 Å². The first-order valence-electron chi connectivity index (χ1n) is 5.04. The molecule has 4 heteroatoms. The van der Waals surface area contributed by atoms with Crippen molar-refractivity contribution in [2.45, 2.75) is 26.9 Å². The molecule has 1 amide bonds. The molecule has 0 saturated carbocycles. The molecule has 0 bridgehead atoms. The molecule has 0 saturated heterocycles. The van der Waals surface area contributed by atoms with Gasteiger partial charge in [-0.15, -0.1) is 0 Å². The minimum Gasteiger partial charge on any atom is -0.489 e. The van der Waals surface area contributed by atoms with Crippen LogP contribution in [-0.4, -0.2) is 23.5 Å². The fraction of sp³-hybridized carbons (Fsp3) is 0.455. The minimum absolute atomic E-state index is 0.113. The van der Waals surface area contributed by atoms with Crippen LogP contribution in [0.5, 0.6) is 5.75 Å². The molecular formula is C11H16N2O2. The summed E-state index contributed by atoms with van der Waals surface area (Å²) in [6.07, 6.45) is 1.67. The van der Waals surface area contributed by atoms with Crippen LogP contribution in [0, 0.1) is 0 Å². The summed E-state index contributed by atoms with van der Waals surface area (Å²) in [6.45, 7) is 6.36. The van der Waals surface area contributed by atoms with Crippen molar-refractivity contribution in [2.75, 3.05) is 6.54 Å². The van der Waals surface area contributed by atoms with Gasteiger partial charge in [0, 0.05) is 6.54 Å². The average Bonchev–Trinajstić information content (AvgIpc) is 2.18. The van der Waals surface area contributed by atoms with Gasteiger partial charge in [0.1, 0.15) is 11.4 Å². The Hall–Kier alpha value is -1.58. The van der Waals surface area contributed by atoms with E-state index >= 15 is 0 Å². The molecule has 0 aliphatic carbocycles. The molecule has 1 heterocycles. The number of nitrogens with zero attached hydrogens (tertiary/aromatic N) is 1. The summed E-state index contributed by atoms with van der Waals surface area (Å²) < 4.78 is 5.41. The largest absolute Gasteiger partial charge is 0.489 e. The summed E-state index contributed by atoms with van der Waals surface area (Å²) in [4.78, 5) is 15.4. The van der Waals surface area contributed by atoms with Gasteiger partial charge < -0.3 is 10.1 Å². The lowest BCUT2D eigenvalue weighted by Crippen LogP contribution is -2.23. The molecule has 0 radical (unpaired) electrons. The number of aromatic nitrogens is 1. The van der Waals surface area contributed by atoms with Crippen molar-refractivity contribution >= 4 is 5.91 Å². The second-order valence-corrected chi connectivity index (χ2v) is 3.41. The summed E-state index contributed by atoms with van der Waals surface area (Å²) >= 11 is 0. The van der Waals surface area contributed by atoms with Gasteiger partial charge in [-0.3, -0.25) is 4.79 Å². The summed E-state index contributed by atoms with van der Waals surface area (Å²) in [5.41, 5.74) is 0.410. The zero-order chi connectivity index (χ0) is 11.3. The molecule has 1 aromatic heterocycles. The van der Waals surface area contributed by atoms with Crippen molar-refractivity contribution in [3.8, 4) is 5.75 Å². The molecule has 82 valence electrons. The van der Waals surface area contributed by atoms with E-state index in [1.54, 1.807) is 18.3 Å². The predicted molar refractivity (Wildman–Crippen MR) is 58.0 cm³/mol. The van der Waals surface area contributed by atoms with E-state index in [2.05, 4.69) is 10.3 Å². The molecule has 4 nitrogen and oxygen atoms in total. The molecule has 0 fully saturated rings. The highest BCUT2D eigenvalue weighted by Gasteiger charge is 2.05. The second kappa shape index (κ2) is 5.34. The maximum atomic E-state index is 11.4. The van der Waals surface area contributed by atoms with Crippen molar-refractivity contribution in [3.05, 3.63) is 24.0 Å². The number of rotatable bonds is 4. The fourth-order valence-corrected chi connectivity index (χ4v) is 1.11. The van der Waals surface area contributed by atoms with Gasteiger partial charge in [0.2, 0.25) is 0 Å². The van der Waals surface area contributed by atoms with Crippen LogP contribution in [0.15, 0.2) is 18.3 Å². The zero-order valence-corrected chi connectivity index (χ0v) is 9.28. The number of carbonyl (C=O) groups excluding carboxylic acids is 1. The van der Waals surface area contributed by atoms with Crippen LogP contribution in [0.2, 0.25) is 0 Å². The molecule has 1 N–H and O–H groups in total. The van der Waals surface area contributed by atoms with E-state index in [4.69, 9.17) is 4.74 Å². The topological polar surface area (TPSA) is 51.2 Å². The summed E-state index contributed by atoms with van der Waals surface area (Å²) in [6, 6.07) is 3.40. The molecule has 1 rings (SSSR count). The normalized spacial score (nSPS) is 10.1. The number of ether oxygens (including phenoxy) is 1. The number of hydrogen-bond acceptors (Lipinski definition) is 3. The monoisotopic (exact) mass is 208 g/mol. The minimum atomic E-state index is -0.159. The van der Waals surface area contributed by atoms with E-state index in [9.17, 15) is 4.79 Å². The number of pyridine rings is 1. The molecule has 0 aliphatic rings. The van der Waals surface area contributed by atoms with Crippen LogP contribution in [-0.2, 0) is 0 Å². The first-order chi connectivity index (χ1) is 7.13. The number of nitrogens with one attached hydrogen (secondary N) is 1. The van der Waals surface area contributed by atoms with Crippen LogP contribution in [0.25, 0.3) is 0 Å². The Balaban J connectivity index is 2.67. The highest BCUT2D eigenvalue weighted by Crippen LogP contribution is 2.10. The summed E-state index contributed by atoms with van der Waals surface area (Å²) in [7, 11) is 0. The average molecular weight is 208 g/mol. The number of carbonyl (C=O) groups is 1. The van der Waals surface area contributed by atoms with Gasteiger partial charge >= 0.3 is 0 Å². The van der Waals surface area contributed by atoms with Gasteiger partial charge in [0.15, 0.2) is 0 Å². The van der Waals surface area contributed by atoms with Gasteiger partial charge in [0.05, 0.1) is 12.3 Å². The fourth-order valence-electron chi connectivity index (χ4n) is 1.11. The third-order valence-electron chi connectivity index (χ3n) is 1.68. The number of amides is 1. The SMILES string of the molecule is CCNC(=O)c1ccc(OC(C)C)cn1. The van der Waals surface area contributed by atoms with E-state index < -0.39 is 0 Å². The van der Waals surface area contributed by atoms with E-state index in [-0.39, 0.29) is 12.0 Å². The Morgan fingerprint density at radius 1 is 1.53 bits per heavy atom. The van der Waals surface area contributed by atoms with Crippen LogP contribution in [0.4, 0.5) is 0 Å². The van der Waals surface area contributed by atoms with Crippen molar-refractivity contribution in [1.82, 2.24) is 10.3 Å². The molecule has 0 unspecified atom stereocenters. The lowest BCUT2D eigenvalue weighted by Gasteiger charge is -2.09. The van der Waals surface area contributed by atoms with E-state index in [0.717, 1.165) is 0 Å². The number of hydrogen-bond donors (Lipinski definition) is 1. The third kappa shape index (κ3) is 3.58. The highest BCUT2D eigenvalue weighted by atomic mass is 16.5. The van der Waals surface area contributed by atoms with Crippen molar-refractivity contribution in [1.29, 1.82) is 0 Å².